The van der Waals surface area contributed by atoms with E-state index in [-0.39, 0.29) is 0 Å². The first-order valence-electron chi connectivity index (χ1n) is 4.90. The van der Waals surface area contributed by atoms with E-state index in [1.165, 1.54) is 12.3 Å². The molecule has 0 saturated heterocycles. The lowest BCUT2D eigenvalue weighted by Crippen LogP contribution is -2.14. The number of hydrogen-bond acceptors (Lipinski definition) is 2. The van der Waals surface area contributed by atoms with Gasteiger partial charge < -0.3 is 5.73 Å². The Morgan fingerprint density at radius 1 is 1.18 bits per heavy atom. The highest BCUT2D eigenvalue weighted by atomic mass is 35.5. The monoisotopic (exact) mass is 270 g/mol. The van der Waals surface area contributed by atoms with E-state index in [0.717, 1.165) is 6.20 Å². The molecule has 17 heavy (non-hydrogen) atoms. The van der Waals surface area contributed by atoms with Gasteiger partial charge in [0.1, 0.15) is 5.82 Å². The van der Waals surface area contributed by atoms with Crippen LogP contribution in [0, 0.1) is 5.82 Å². The molecule has 1 aromatic carbocycles. The summed E-state index contributed by atoms with van der Waals surface area (Å²) in [5.74, 6) is -0.462. The van der Waals surface area contributed by atoms with Crippen molar-refractivity contribution < 1.29 is 4.39 Å². The van der Waals surface area contributed by atoms with E-state index in [1.54, 1.807) is 18.2 Å². The Hall–Kier alpha value is -1.16. The van der Waals surface area contributed by atoms with Crippen LogP contribution >= 0.6 is 23.2 Å². The van der Waals surface area contributed by atoms with Gasteiger partial charge in [-0.15, -0.1) is 0 Å². The van der Waals surface area contributed by atoms with E-state index in [9.17, 15) is 4.39 Å². The maximum atomic E-state index is 13.5. The molecule has 0 saturated carbocycles. The highest BCUT2D eigenvalue weighted by Crippen LogP contribution is 2.32. The van der Waals surface area contributed by atoms with Crippen LogP contribution in [0.25, 0.3) is 0 Å². The van der Waals surface area contributed by atoms with Crippen LogP contribution in [-0.2, 0) is 0 Å². The van der Waals surface area contributed by atoms with Crippen LogP contribution in [0.2, 0.25) is 10.0 Å². The van der Waals surface area contributed by atoms with Gasteiger partial charge in [-0.1, -0.05) is 35.3 Å². The Bertz CT molecular complexity index is 546. The predicted molar refractivity (Wildman–Crippen MR) is 66.7 cm³/mol. The molecule has 0 aliphatic heterocycles. The van der Waals surface area contributed by atoms with Gasteiger partial charge in [-0.05, 0) is 17.7 Å². The van der Waals surface area contributed by atoms with Crippen LogP contribution in [0.5, 0.6) is 0 Å². The van der Waals surface area contributed by atoms with Crippen molar-refractivity contribution in [3.05, 3.63) is 63.6 Å². The molecule has 2 rings (SSSR count). The molecule has 88 valence electrons. The summed E-state index contributed by atoms with van der Waals surface area (Å²) < 4.78 is 13.5. The minimum Gasteiger partial charge on any atom is -0.320 e. The van der Waals surface area contributed by atoms with Gasteiger partial charge in [0.05, 0.1) is 22.3 Å². The van der Waals surface area contributed by atoms with Gasteiger partial charge in [0.15, 0.2) is 0 Å². The average molecular weight is 271 g/mol. The van der Waals surface area contributed by atoms with Crippen molar-refractivity contribution in [2.24, 2.45) is 5.73 Å². The molecule has 0 fully saturated rings. The molecular weight excluding hydrogens is 262 g/mol. The minimum atomic E-state index is -0.663. The van der Waals surface area contributed by atoms with Crippen molar-refractivity contribution in [3.8, 4) is 0 Å². The quantitative estimate of drug-likeness (QED) is 0.906. The summed E-state index contributed by atoms with van der Waals surface area (Å²) in [6, 6.07) is 5.96. The summed E-state index contributed by atoms with van der Waals surface area (Å²) in [6.07, 6.45) is 2.60. The van der Waals surface area contributed by atoms with E-state index in [1.807, 2.05) is 0 Å². The van der Waals surface area contributed by atoms with Crippen LogP contribution in [0.1, 0.15) is 17.2 Å². The molecule has 1 atom stereocenters. The largest absolute Gasteiger partial charge is 0.320 e. The summed E-state index contributed by atoms with van der Waals surface area (Å²) in [4.78, 5) is 3.67. The molecule has 1 unspecified atom stereocenters. The third-order valence-electron chi connectivity index (χ3n) is 2.46. The zero-order valence-corrected chi connectivity index (χ0v) is 10.2. The van der Waals surface area contributed by atoms with Crippen LogP contribution in [-0.4, -0.2) is 4.98 Å². The Morgan fingerprint density at radius 3 is 2.65 bits per heavy atom. The van der Waals surface area contributed by atoms with Crippen molar-refractivity contribution in [1.82, 2.24) is 4.98 Å². The number of halogens is 3. The number of hydrogen-bond donors (Lipinski definition) is 1. The number of nitrogens with zero attached hydrogens (tertiary/aromatic N) is 1. The van der Waals surface area contributed by atoms with Crippen molar-refractivity contribution >= 4 is 23.2 Å². The summed E-state index contributed by atoms with van der Waals surface area (Å²) in [6.45, 7) is 0. The number of rotatable bonds is 2. The van der Waals surface area contributed by atoms with Gasteiger partial charge in [-0.3, -0.25) is 4.98 Å². The van der Waals surface area contributed by atoms with Crippen molar-refractivity contribution in [2.45, 2.75) is 6.04 Å². The minimum absolute atomic E-state index is 0.337. The first-order valence-corrected chi connectivity index (χ1v) is 5.65. The molecule has 0 aliphatic carbocycles. The van der Waals surface area contributed by atoms with Crippen LogP contribution in [0.3, 0.4) is 0 Å². The van der Waals surface area contributed by atoms with Crippen LogP contribution in [0.15, 0.2) is 36.7 Å². The van der Waals surface area contributed by atoms with Gasteiger partial charge in [0.2, 0.25) is 0 Å². The molecule has 1 aromatic heterocycles. The second-order valence-corrected chi connectivity index (χ2v) is 4.30. The molecule has 2 N–H and O–H groups in total. The molecule has 5 heteroatoms. The van der Waals surface area contributed by atoms with Crippen LogP contribution < -0.4 is 5.73 Å². The maximum Gasteiger partial charge on any atom is 0.146 e. The van der Waals surface area contributed by atoms with Crippen LogP contribution in [0.4, 0.5) is 4.39 Å². The maximum absolute atomic E-state index is 13.5. The number of benzene rings is 1. The number of aromatic nitrogens is 1. The van der Waals surface area contributed by atoms with Crippen molar-refractivity contribution in [3.63, 3.8) is 0 Å². The lowest BCUT2D eigenvalue weighted by atomic mass is 10.0. The summed E-state index contributed by atoms with van der Waals surface area (Å²) >= 11 is 11.9. The smallest absolute Gasteiger partial charge is 0.146 e. The zero-order chi connectivity index (χ0) is 12.4. The molecule has 0 spiro atoms. The van der Waals surface area contributed by atoms with Gasteiger partial charge >= 0.3 is 0 Å². The molecule has 0 aliphatic rings. The molecular formula is C12H9Cl2FN2. The second kappa shape index (κ2) is 5.00. The highest BCUT2D eigenvalue weighted by Gasteiger charge is 2.17. The predicted octanol–water partition coefficient (Wildman–Crippen LogP) is 3.58. The number of pyridine rings is 1. The lowest BCUT2D eigenvalue weighted by Gasteiger charge is -2.15. The van der Waals surface area contributed by atoms with E-state index >= 15 is 0 Å². The van der Waals surface area contributed by atoms with Gasteiger partial charge in [-0.2, -0.15) is 0 Å². The van der Waals surface area contributed by atoms with Gasteiger partial charge in [-0.25, -0.2) is 4.39 Å². The number of nitrogens with two attached hydrogens (primary N) is 1. The normalized spacial score (nSPS) is 12.5. The van der Waals surface area contributed by atoms with Gasteiger partial charge in [0, 0.05) is 11.8 Å². The van der Waals surface area contributed by atoms with Crippen molar-refractivity contribution in [2.75, 3.05) is 0 Å². The molecule has 2 nitrogen and oxygen atoms in total. The Morgan fingerprint density at radius 2 is 1.94 bits per heavy atom. The second-order valence-electron chi connectivity index (χ2n) is 3.52. The molecule has 0 radical (unpaired) electrons. The first-order chi connectivity index (χ1) is 8.11. The van der Waals surface area contributed by atoms with E-state index in [2.05, 4.69) is 4.98 Å². The van der Waals surface area contributed by atoms with E-state index in [4.69, 9.17) is 28.9 Å². The third-order valence-corrected chi connectivity index (χ3v) is 3.29. The third kappa shape index (κ3) is 2.41. The summed E-state index contributed by atoms with van der Waals surface area (Å²) in [5.41, 5.74) is 6.90. The fourth-order valence-corrected chi connectivity index (χ4v) is 1.99. The van der Waals surface area contributed by atoms with E-state index < -0.39 is 11.9 Å². The highest BCUT2D eigenvalue weighted by molar-refractivity contribution is 6.42. The molecule has 0 amide bonds. The topological polar surface area (TPSA) is 38.9 Å². The van der Waals surface area contributed by atoms with E-state index in [0.29, 0.717) is 21.2 Å². The Labute approximate surface area is 108 Å². The molecule has 1 heterocycles. The Balaban J connectivity index is 2.48. The lowest BCUT2D eigenvalue weighted by molar-refractivity contribution is 0.593. The SMILES string of the molecule is NC(c1ccncc1F)c1cccc(Cl)c1Cl. The Kier molecular flexibility index (Phi) is 3.62. The molecule has 0 bridgehead atoms. The fraction of sp³-hybridized carbons (Fsp3) is 0.0833. The van der Waals surface area contributed by atoms with Gasteiger partial charge in [0.25, 0.3) is 0 Å². The average Bonchev–Trinajstić information content (AvgIpc) is 2.32. The first kappa shape index (κ1) is 12.3. The zero-order valence-electron chi connectivity index (χ0n) is 8.70. The standard InChI is InChI=1S/C12H9Cl2FN2/c13-9-3-1-2-8(11(9)14)12(16)7-4-5-17-6-10(7)15/h1-6,12H,16H2. The summed E-state index contributed by atoms with van der Waals surface area (Å²) in [7, 11) is 0. The fourth-order valence-electron chi connectivity index (χ4n) is 1.57. The summed E-state index contributed by atoms with van der Waals surface area (Å²) in [5, 5.41) is 0.743. The van der Waals surface area contributed by atoms with Crippen molar-refractivity contribution in [1.29, 1.82) is 0 Å². The molecule has 2 aromatic rings.